The van der Waals surface area contributed by atoms with E-state index in [0.29, 0.717) is 11.7 Å². The zero-order valence-electron chi connectivity index (χ0n) is 12.0. The van der Waals surface area contributed by atoms with Gasteiger partial charge in [0, 0.05) is 19.0 Å². The van der Waals surface area contributed by atoms with Crippen molar-refractivity contribution in [2.75, 3.05) is 13.1 Å². The molecule has 20 heavy (non-hydrogen) atoms. The largest absolute Gasteiger partial charge is 0.341 e. The topological polar surface area (TPSA) is 85.2 Å². The number of carbonyl (C=O) groups excluding carboxylic acids is 1. The van der Waals surface area contributed by atoms with Crippen LogP contribution >= 0.6 is 0 Å². The summed E-state index contributed by atoms with van der Waals surface area (Å²) in [6.45, 7) is 3.30. The molecule has 2 fully saturated rings. The Balaban J connectivity index is 1.59. The predicted octanol–water partition coefficient (Wildman–Crippen LogP) is 1.36. The van der Waals surface area contributed by atoms with E-state index in [1.54, 1.807) is 0 Å². The fraction of sp³-hybridized carbons (Fsp3) is 0.786. The summed E-state index contributed by atoms with van der Waals surface area (Å²) in [7, 11) is 0. The van der Waals surface area contributed by atoms with E-state index in [9.17, 15) is 4.79 Å². The monoisotopic (exact) mass is 278 g/mol. The number of nitrogens with two attached hydrogens (primary N) is 1. The highest BCUT2D eigenvalue weighted by Crippen LogP contribution is 2.32. The number of hydrogen-bond donors (Lipinski definition) is 1. The number of nitrogens with zero attached hydrogens (tertiary/aromatic N) is 3. The average Bonchev–Trinajstić information content (AvgIpc) is 3.08. The van der Waals surface area contributed by atoms with Gasteiger partial charge in [-0.25, -0.2) is 0 Å². The van der Waals surface area contributed by atoms with Crippen LogP contribution in [0.5, 0.6) is 0 Å². The lowest BCUT2D eigenvalue weighted by Crippen LogP contribution is -2.55. The molecule has 0 unspecified atom stereocenters. The van der Waals surface area contributed by atoms with Crippen LogP contribution in [0.1, 0.15) is 56.2 Å². The van der Waals surface area contributed by atoms with Gasteiger partial charge in [-0.2, -0.15) is 4.98 Å². The summed E-state index contributed by atoms with van der Waals surface area (Å²) in [6.07, 6.45) is 5.55. The summed E-state index contributed by atoms with van der Waals surface area (Å²) in [5, 5.41) is 3.83. The van der Waals surface area contributed by atoms with E-state index < -0.39 is 5.54 Å². The predicted molar refractivity (Wildman–Crippen MR) is 73.0 cm³/mol. The Morgan fingerprint density at radius 3 is 2.55 bits per heavy atom. The molecule has 6 nitrogen and oxygen atoms in total. The normalized spacial score (nSPS) is 23.2. The molecule has 2 N–H and O–H groups in total. The van der Waals surface area contributed by atoms with Crippen LogP contribution in [0.4, 0.5) is 0 Å². The van der Waals surface area contributed by atoms with E-state index in [0.717, 1.165) is 51.6 Å². The molecule has 110 valence electrons. The summed E-state index contributed by atoms with van der Waals surface area (Å²) < 4.78 is 5.23. The van der Waals surface area contributed by atoms with Crippen molar-refractivity contribution in [3.05, 3.63) is 11.7 Å². The van der Waals surface area contributed by atoms with Gasteiger partial charge in [-0.3, -0.25) is 4.79 Å². The highest BCUT2D eigenvalue weighted by atomic mass is 16.5. The molecule has 6 heteroatoms. The summed E-state index contributed by atoms with van der Waals surface area (Å²) in [6, 6.07) is 0. The average molecular weight is 278 g/mol. The van der Waals surface area contributed by atoms with Gasteiger partial charge in [0.25, 0.3) is 0 Å². The van der Waals surface area contributed by atoms with Crippen LogP contribution in [0.25, 0.3) is 0 Å². The van der Waals surface area contributed by atoms with E-state index in [4.69, 9.17) is 10.3 Å². The second kappa shape index (κ2) is 5.16. The second-order valence-corrected chi connectivity index (χ2v) is 6.11. The lowest BCUT2D eigenvalue weighted by atomic mass is 9.92. The van der Waals surface area contributed by atoms with Gasteiger partial charge in [-0.15, -0.1) is 0 Å². The molecular weight excluding hydrogens is 256 g/mol. The minimum Gasteiger partial charge on any atom is -0.341 e. The number of likely N-dealkylation sites (tertiary alicyclic amines) is 1. The van der Waals surface area contributed by atoms with Gasteiger partial charge in [-0.1, -0.05) is 18.0 Å². The summed E-state index contributed by atoms with van der Waals surface area (Å²) >= 11 is 0. The van der Waals surface area contributed by atoms with Gasteiger partial charge in [0.1, 0.15) is 0 Å². The molecule has 0 bridgehead atoms. The molecule has 1 aliphatic heterocycles. The van der Waals surface area contributed by atoms with Crippen LogP contribution in [-0.2, 0) is 4.79 Å². The molecule has 1 aromatic rings. The molecule has 1 saturated heterocycles. The number of hydrogen-bond acceptors (Lipinski definition) is 5. The van der Waals surface area contributed by atoms with E-state index in [1.165, 1.54) is 0 Å². The van der Waals surface area contributed by atoms with E-state index >= 15 is 0 Å². The maximum absolute atomic E-state index is 12.5. The first kappa shape index (κ1) is 13.5. The maximum atomic E-state index is 12.5. The quantitative estimate of drug-likeness (QED) is 0.882. The highest BCUT2D eigenvalue weighted by molar-refractivity contribution is 5.86. The zero-order valence-corrected chi connectivity index (χ0v) is 12.0. The zero-order chi connectivity index (χ0) is 14.2. The maximum Gasteiger partial charge on any atom is 0.242 e. The number of aryl methyl sites for hydroxylation is 1. The first-order valence-corrected chi connectivity index (χ1v) is 7.47. The molecule has 0 radical (unpaired) electrons. The van der Waals surface area contributed by atoms with Crippen LogP contribution in [0.2, 0.25) is 0 Å². The van der Waals surface area contributed by atoms with Crippen molar-refractivity contribution in [1.29, 1.82) is 0 Å². The molecule has 2 heterocycles. The Bertz CT molecular complexity index is 485. The number of amides is 1. The van der Waals surface area contributed by atoms with Crippen molar-refractivity contribution in [2.24, 2.45) is 5.73 Å². The fourth-order valence-corrected chi connectivity index (χ4v) is 3.34. The molecule has 1 amide bonds. The van der Waals surface area contributed by atoms with Crippen molar-refractivity contribution in [1.82, 2.24) is 15.0 Å². The number of carbonyl (C=O) groups is 1. The Kier molecular flexibility index (Phi) is 3.50. The number of aromatic nitrogens is 2. The minimum atomic E-state index is -0.603. The van der Waals surface area contributed by atoms with E-state index in [-0.39, 0.29) is 11.8 Å². The van der Waals surface area contributed by atoms with Gasteiger partial charge >= 0.3 is 0 Å². The van der Waals surface area contributed by atoms with Crippen molar-refractivity contribution >= 4 is 5.91 Å². The van der Waals surface area contributed by atoms with Crippen LogP contribution in [-0.4, -0.2) is 39.6 Å². The van der Waals surface area contributed by atoms with Gasteiger partial charge < -0.3 is 15.2 Å². The van der Waals surface area contributed by atoms with Gasteiger partial charge in [0.15, 0.2) is 5.82 Å². The Morgan fingerprint density at radius 1 is 1.35 bits per heavy atom. The molecule has 0 aromatic carbocycles. The lowest BCUT2D eigenvalue weighted by molar-refractivity contribution is -0.138. The van der Waals surface area contributed by atoms with Crippen LogP contribution in [0, 0.1) is 6.92 Å². The molecule has 1 saturated carbocycles. The van der Waals surface area contributed by atoms with Gasteiger partial charge in [0.2, 0.25) is 11.8 Å². The summed E-state index contributed by atoms with van der Waals surface area (Å²) in [5.41, 5.74) is 5.65. The molecular formula is C14H22N4O2. The molecule has 2 aliphatic rings. The van der Waals surface area contributed by atoms with Crippen molar-refractivity contribution < 1.29 is 9.32 Å². The second-order valence-electron chi connectivity index (χ2n) is 6.11. The Hall–Kier alpha value is -1.43. The van der Waals surface area contributed by atoms with Crippen molar-refractivity contribution in [3.8, 4) is 0 Å². The molecule has 0 atom stereocenters. The smallest absolute Gasteiger partial charge is 0.242 e. The first-order chi connectivity index (χ1) is 9.58. The third-order valence-electron chi connectivity index (χ3n) is 4.60. The van der Waals surface area contributed by atoms with E-state index in [1.807, 2.05) is 11.8 Å². The van der Waals surface area contributed by atoms with Crippen molar-refractivity contribution in [2.45, 2.75) is 56.9 Å². The van der Waals surface area contributed by atoms with Crippen LogP contribution < -0.4 is 5.73 Å². The SMILES string of the molecule is Cc1noc(C2CCN(C(=O)C3(N)CCCC3)CC2)n1. The standard InChI is InChI=1S/C14H22N4O2/c1-10-16-12(20-17-10)11-4-8-18(9-5-11)13(19)14(15)6-2-3-7-14/h11H,2-9,15H2,1H3. The third kappa shape index (κ3) is 2.44. The summed E-state index contributed by atoms with van der Waals surface area (Å²) in [4.78, 5) is 18.7. The first-order valence-electron chi connectivity index (χ1n) is 7.47. The summed E-state index contributed by atoms with van der Waals surface area (Å²) in [5.74, 6) is 1.79. The Labute approximate surface area is 118 Å². The molecule has 1 aliphatic carbocycles. The third-order valence-corrected chi connectivity index (χ3v) is 4.60. The molecule has 0 spiro atoms. The number of piperidine rings is 1. The minimum absolute atomic E-state index is 0.134. The molecule has 1 aromatic heterocycles. The van der Waals surface area contributed by atoms with Gasteiger partial charge in [-0.05, 0) is 32.6 Å². The van der Waals surface area contributed by atoms with Crippen LogP contribution in [0.15, 0.2) is 4.52 Å². The van der Waals surface area contributed by atoms with Crippen LogP contribution in [0.3, 0.4) is 0 Å². The van der Waals surface area contributed by atoms with Gasteiger partial charge in [0.05, 0.1) is 5.54 Å². The number of rotatable bonds is 2. The Morgan fingerprint density at radius 2 is 2.00 bits per heavy atom. The lowest BCUT2D eigenvalue weighted by Gasteiger charge is -2.35. The molecule has 3 rings (SSSR count). The van der Waals surface area contributed by atoms with Crippen molar-refractivity contribution in [3.63, 3.8) is 0 Å². The highest BCUT2D eigenvalue weighted by Gasteiger charge is 2.41. The van der Waals surface area contributed by atoms with E-state index in [2.05, 4.69) is 10.1 Å². The fourth-order valence-electron chi connectivity index (χ4n) is 3.34.